The smallest absolute Gasteiger partial charge is 0.412 e. The SMILES string of the molecule is Cc1cc(=O)n(-c2ccc(NC(=O)OC(C)(C)C)cc2)c2nc(Cl)ncc12. The Morgan fingerprint density at radius 1 is 1.22 bits per heavy atom. The Balaban J connectivity index is 1.98. The van der Waals surface area contributed by atoms with Crippen LogP contribution in [0.15, 0.2) is 41.3 Å². The topological polar surface area (TPSA) is 86.1 Å². The molecule has 0 bridgehead atoms. The Kier molecular flexibility index (Phi) is 4.89. The van der Waals surface area contributed by atoms with E-state index >= 15 is 0 Å². The zero-order chi connectivity index (χ0) is 19.8. The van der Waals surface area contributed by atoms with Gasteiger partial charge in [0.05, 0.1) is 5.69 Å². The van der Waals surface area contributed by atoms with Crippen molar-refractivity contribution in [2.45, 2.75) is 33.3 Å². The lowest BCUT2D eigenvalue weighted by molar-refractivity contribution is 0.0636. The molecule has 0 saturated carbocycles. The lowest BCUT2D eigenvalue weighted by Gasteiger charge is -2.19. The molecule has 0 fully saturated rings. The predicted octanol–water partition coefficient (Wildman–Crippen LogP) is 4.09. The van der Waals surface area contributed by atoms with E-state index in [4.69, 9.17) is 16.3 Å². The minimum absolute atomic E-state index is 0.0597. The van der Waals surface area contributed by atoms with Crippen molar-refractivity contribution < 1.29 is 9.53 Å². The van der Waals surface area contributed by atoms with Crippen molar-refractivity contribution in [3.63, 3.8) is 0 Å². The van der Waals surface area contributed by atoms with Gasteiger partial charge in [0.1, 0.15) is 5.60 Å². The summed E-state index contributed by atoms with van der Waals surface area (Å²) in [5.41, 5.74) is 1.51. The summed E-state index contributed by atoms with van der Waals surface area (Å²) in [6.45, 7) is 7.19. The molecule has 3 aromatic rings. The molecule has 2 aromatic heterocycles. The molecule has 140 valence electrons. The fourth-order valence-electron chi connectivity index (χ4n) is 2.60. The molecule has 0 spiro atoms. The zero-order valence-corrected chi connectivity index (χ0v) is 16.2. The quantitative estimate of drug-likeness (QED) is 0.670. The van der Waals surface area contributed by atoms with Crippen LogP contribution in [0.3, 0.4) is 0 Å². The van der Waals surface area contributed by atoms with Crippen molar-refractivity contribution in [3.05, 3.63) is 57.7 Å². The largest absolute Gasteiger partial charge is 0.444 e. The number of benzene rings is 1. The number of aromatic nitrogens is 3. The van der Waals surface area contributed by atoms with Crippen LogP contribution in [0.1, 0.15) is 26.3 Å². The number of rotatable bonds is 2. The van der Waals surface area contributed by atoms with Crippen molar-refractivity contribution >= 4 is 34.4 Å². The number of halogens is 1. The summed E-state index contributed by atoms with van der Waals surface area (Å²) >= 11 is 5.92. The van der Waals surface area contributed by atoms with Crippen molar-refractivity contribution in [3.8, 4) is 5.69 Å². The Bertz CT molecular complexity index is 1070. The van der Waals surface area contributed by atoms with Crippen LogP contribution in [-0.4, -0.2) is 26.2 Å². The number of nitrogens with zero attached hydrogens (tertiary/aromatic N) is 3. The Morgan fingerprint density at radius 3 is 2.52 bits per heavy atom. The summed E-state index contributed by atoms with van der Waals surface area (Å²) < 4.78 is 6.67. The molecule has 1 amide bonds. The van der Waals surface area contributed by atoms with E-state index < -0.39 is 11.7 Å². The van der Waals surface area contributed by atoms with E-state index in [0.29, 0.717) is 17.0 Å². The van der Waals surface area contributed by atoms with Crippen LogP contribution in [0.2, 0.25) is 5.28 Å². The van der Waals surface area contributed by atoms with Gasteiger partial charge in [-0.25, -0.2) is 9.78 Å². The molecule has 7 nitrogen and oxygen atoms in total. The number of aryl methyl sites for hydroxylation is 1. The van der Waals surface area contributed by atoms with E-state index in [9.17, 15) is 9.59 Å². The Labute approximate surface area is 161 Å². The fourth-order valence-corrected chi connectivity index (χ4v) is 2.73. The lowest BCUT2D eigenvalue weighted by atomic mass is 10.2. The molecule has 0 aliphatic rings. The molecule has 1 aromatic carbocycles. The third-order valence-electron chi connectivity index (χ3n) is 3.71. The first-order valence-electron chi connectivity index (χ1n) is 8.29. The molecule has 0 aliphatic heterocycles. The number of carbonyl (C=O) groups excluding carboxylic acids is 1. The van der Waals surface area contributed by atoms with Crippen LogP contribution in [0.25, 0.3) is 16.7 Å². The maximum absolute atomic E-state index is 12.6. The average Bonchev–Trinajstić information content (AvgIpc) is 2.54. The van der Waals surface area contributed by atoms with Gasteiger partial charge in [-0.1, -0.05) is 0 Å². The highest BCUT2D eigenvalue weighted by atomic mass is 35.5. The summed E-state index contributed by atoms with van der Waals surface area (Å²) in [5.74, 6) is 0. The normalized spacial score (nSPS) is 11.4. The lowest BCUT2D eigenvalue weighted by Crippen LogP contribution is -2.27. The maximum atomic E-state index is 12.6. The first kappa shape index (κ1) is 18.8. The summed E-state index contributed by atoms with van der Waals surface area (Å²) in [6, 6.07) is 8.30. The van der Waals surface area contributed by atoms with Gasteiger partial charge in [-0.05, 0) is 69.1 Å². The van der Waals surface area contributed by atoms with Crippen molar-refractivity contribution in [2.75, 3.05) is 5.32 Å². The molecule has 0 saturated heterocycles. The van der Waals surface area contributed by atoms with Crippen molar-refractivity contribution in [2.24, 2.45) is 0 Å². The van der Waals surface area contributed by atoms with Crippen molar-refractivity contribution in [1.82, 2.24) is 14.5 Å². The number of ether oxygens (including phenoxy) is 1. The van der Waals surface area contributed by atoms with Gasteiger partial charge in [-0.15, -0.1) is 0 Å². The second kappa shape index (κ2) is 7.00. The standard InChI is InChI=1S/C19H19ClN4O3/c1-11-9-15(25)24(16-14(11)10-21-17(20)23-16)13-7-5-12(6-8-13)22-18(26)27-19(2,3)4/h5-10H,1-4H3,(H,22,26). The third-order valence-corrected chi connectivity index (χ3v) is 3.89. The Morgan fingerprint density at radius 2 is 1.89 bits per heavy atom. The second-order valence-electron chi connectivity index (χ2n) is 7.05. The maximum Gasteiger partial charge on any atom is 0.412 e. The molecule has 3 rings (SSSR count). The van der Waals surface area contributed by atoms with Crippen LogP contribution in [-0.2, 0) is 4.74 Å². The average molecular weight is 387 g/mol. The summed E-state index contributed by atoms with van der Waals surface area (Å²) in [7, 11) is 0. The van der Waals surface area contributed by atoms with E-state index in [1.807, 2.05) is 6.92 Å². The van der Waals surface area contributed by atoms with E-state index in [-0.39, 0.29) is 10.8 Å². The molecular weight excluding hydrogens is 368 g/mol. The fraction of sp³-hybridized carbons (Fsp3) is 0.263. The summed E-state index contributed by atoms with van der Waals surface area (Å²) in [6.07, 6.45) is 1.04. The highest BCUT2D eigenvalue weighted by Gasteiger charge is 2.16. The van der Waals surface area contributed by atoms with Gasteiger partial charge in [-0.3, -0.25) is 14.7 Å². The first-order valence-corrected chi connectivity index (χ1v) is 8.67. The van der Waals surface area contributed by atoms with Gasteiger partial charge >= 0.3 is 6.09 Å². The van der Waals surface area contributed by atoms with Gasteiger partial charge in [0, 0.05) is 23.3 Å². The zero-order valence-electron chi connectivity index (χ0n) is 15.4. The van der Waals surface area contributed by atoms with Crippen molar-refractivity contribution in [1.29, 1.82) is 0 Å². The number of fused-ring (bicyclic) bond motifs is 1. The number of hydrogen-bond acceptors (Lipinski definition) is 5. The summed E-state index contributed by atoms with van der Waals surface area (Å²) in [5, 5.41) is 3.44. The van der Waals surface area contributed by atoms with Gasteiger partial charge in [0.25, 0.3) is 5.56 Å². The first-order chi connectivity index (χ1) is 12.6. The van der Waals surface area contributed by atoms with Crippen LogP contribution in [0.4, 0.5) is 10.5 Å². The molecule has 0 aliphatic carbocycles. The molecule has 8 heteroatoms. The third kappa shape index (κ3) is 4.25. The second-order valence-corrected chi connectivity index (χ2v) is 7.39. The predicted molar refractivity (Wildman–Crippen MR) is 105 cm³/mol. The monoisotopic (exact) mass is 386 g/mol. The number of anilines is 1. The number of nitrogens with one attached hydrogen (secondary N) is 1. The van der Waals surface area contributed by atoms with Gasteiger partial charge in [0.15, 0.2) is 5.65 Å². The van der Waals surface area contributed by atoms with Crippen LogP contribution >= 0.6 is 11.6 Å². The number of carbonyl (C=O) groups is 1. The molecular formula is C19H19ClN4O3. The van der Waals surface area contributed by atoms with Gasteiger partial charge in [-0.2, -0.15) is 4.98 Å². The van der Waals surface area contributed by atoms with E-state index in [0.717, 1.165) is 10.9 Å². The molecule has 0 radical (unpaired) electrons. The van der Waals surface area contributed by atoms with Crippen LogP contribution in [0.5, 0.6) is 0 Å². The minimum atomic E-state index is -0.586. The van der Waals surface area contributed by atoms with Crippen LogP contribution < -0.4 is 10.9 Å². The van der Waals surface area contributed by atoms with Gasteiger partial charge in [0.2, 0.25) is 5.28 Å². The van der Waals surface area contributed by atoms with Gasteiger partial charge < -0.3 is 4.74 Å². The minimum Gasteiger partial charge on any atom is -0.444 e. The molecule has 0 atom stereocenters. The molecule has 0 unspecified atom stereocenters. The number of pyridine rings is 1. The van der Waals surface area contributed by atoms with E-state index in [1.165, 1.54) is 10.6 Å². The summed E-state index contributed by atoms with van der Waals surface area (Å²) in [4.78, 5) is 32.6. The number of hydrogen-bond donors (Lipinski definition) is 1. The van der Waals surface area contributed by atoms with E-state index in [1.54, 1.807) is 51.2 Å². The molecule has 1 N–H and O–H groups in total. The Hall–Kier alpha value is -2.93. The highest BCUT2D eigenvalue weighted by Crippen LogP contribution is 2.20. The highest BCUT2D eigenvalue weighted by molar-refractivity contribution is 6.28. The van der Waals surface area contributed by atoms with Crippen LogP contribution in [0, 0.1) is 6.92 Å². The molecule has 2 heterocycles. The van der Waals surface area contributed by atoms with E-state index in [2.05, 4.69) is 15.3 Å². The number of amides is 1. The molecule has 27 heavy (non-hydrogen) atoms.